The van der Waals surface area contributed by atoms with Crippen LogP contribution in [0, 0.1) is 0 Å². The zero-order valence-corrected chi connectivity index (χ0v) is 23.8. The van der Waals surface area contributed by atoms with E-state index in [1.54, 1.807) is 7.11 Å². The minimum absolute atomic E-state index is 0.295. The highest BCUT2D eigenvalue weighted by molar-refractivity contribution is 5.87. The Kier molecular flexibility index (Phi) is 10.3. The van der Waals surface area contributed by atoms with Gasteiger partial charge in [0.05, 0.1) is 30.7 Å². The first-order chi connectivity index (χ1) is 19.5. The van der Waals surface area contributed by atoms with E-state index >= 15 is 0 Å². The molecule has 0 bridgehead atoms. The minimum Gasteiger partial charge on any atom is -0.479 e. The normalized spacial score (nSPS) is 13.6. The Labute approximate surface area is 237 Å². The number of hydrogen-bond donors (Lipinski definition) is 1. The molecule has 0 aliphatic heterocycles. The second-order valence-corrected chi connectivity index (χ2v) is 10.1. The van der Waals surface area contributed by atoms with Gasteiger partial charge in [-0.3, -0.25) is 0 Å². The number of hydrogen-bond acceptors (Lipinski definition) is 4. The number of carboxylic acid groups (broad SMARTS) is 1. The summed E-state index contributed by atoms with van der Waals surface area (Å²) in [6, 6.07) is 29.8. The number of imidazole rings is 1. The molecule has 210 valence electrons. The summed E-state index contributed by atoms with van der Waals surface area (Å²) >= 11 is 0. The predicted molar refractivity (Wildman–Crippen MR) is 160 cm³/mol. The maximum absolute atomic E-state index is 13.7. The van der Waals surface area contributed by atoms with E-state index in [1.165, 1.54) is 0 Å². The molecule has 1 heterocycles. The van der Waals surface area contributed by atoms with Crippen molar-refractivity contribution in [1.29, 1.82) is 0 Å². The van der Waals surface area contributed by atoms with Crippen LogP contribution in [0.5, 0.6) is 0 Å². The number of unbranched alkanes of at least 4 members (excludes halogenated alkanes) is 3. The molecule has 3 aromatic carbocycles. The van der Waals surface area contributed by atoms with Gasteiger partial charge in [0.15, 0.2) is 5.54 Å². The van der Waals surface area contributed by atoms with Crippen LogP contribution in [-0.4, -0.2) is 47.1 Å². The fraction of sp³-hybridized carbons (Fsp3) is 0.353. The van der Waals surface area contributed by atoms with E-state index in [0.717, 1.165) is 53.8 Å². The topological polar surface area (TPSA) is 73.6 Å². The summed E-state index contributed by atoms with van der Waals surface area (Å²) in [5.41, 5.74) is 2.78. The molecule has 6 heteroatoms. The van der Waals surface area contributed by atoms with Gasteiger partial charge in [-0.25, -0.2) is 9.78 Å². The standard InChI is InChI=1S/C34H40N2O4/c1-4-5-6-16-23-34(33(37)38,26(2)40-25-24-39-3)36-31(28-19-12-8-13-20-28)30(27-17-10-7-11-18-27)35-32(36)29-21-14-9-15-22-29/h7-15,17-22,26H,4-6,16,23-25H2,1-3H3,(H,37,38). The lowest BCUT2D eigenvalue weighted by atomic mass is 9.84. The smallest absolute Gasteiger partial charge is 0.332 e. The molecule has 6 nitrogen and oxygen atoms in total. The van der Waals surface area contributed by atoms with E-state index in [4.69, 9.17) is 14.5 Å². The summed E-state index contributed by atoms with van der Waals surface area (Å²) in [5.74, 6) is -0.321. The van der Waals surface area contributed by atoms with Crippen molar-refractivity contribution in [3.05, 3.63) is 91.0 Å². The number of aliphatic carboxylic acids is 1. The van der Waals surface area contributed by atoms with Crippen LogP contribution in [0.25, 0.3) is 33.9 Å². The molecule has 0 aliphatic carbocycles. The molecule has 0 spiro atoms. The van der Waals surface area contributed by atoms with Gasteiger partial charge < -0.3 is 19.1 Å². The number of aromatic nitrogens is 2. The number of carboxylic acids is 1. The van der Waals surface area contributed by atoms with E-state index < -0.39 is 17.6 Å². The van der Waals surface area contributed by atoms with Gasteiger partial charge in [-0.15, -0.1) is 0 Å². The first kappa shape index (κ1) is 29.2. The molecule has 4 aromatic rings. The van der Waals surface area contributed by atoms with Crippen LogP contribution >= 0.6 is 0 Å². The van der Waals surface area contributed by atoms with Gasteiger partial charge in [0, 0.05) is 23.8 Å². The SMILES string of the molecule is CCCCCCC(C(=O)O)(C(C)OCCOC)n1c(-c2ccccc2)nc(-c2ccccc2)c1-c1ccccc1. The van der Waals surface area contributed by atoms with Crippen molar-refractivity contribution in [1.82, 2.24) is 9.55 Å². The van der Waals surface area contributed by atoms with E-state index in [-0.39, 0.29) is 0 Å². The van der Waals surface area contributed by atoms with Crippen molar-refractivity contribution >= 4 is 5.97 Å². The molecule has 2 atom stereocenters. The zero-order chi connectivity index (χ0) is 28.4. The lowest BCUT2D eigenvalue weighted by Crippen LogP contribution is -2.52. The van der Waals surface area contributed by atoms with Gasteiger partial charge in [0.1, 0.15) is 5.82 Å². The lowest BCUT2D eigenvalue weighted by Gasteiger charge is -2.39. The van der Waals surface area contributed by atoms with E-state index in [0.29, 0.717) is 25.5 Å². The molecule has 0 saturated carbocycles. The highest BCUT2D eigenvalue weighted by atomic mass is 16.5. The number of ether oxygens (including phenoxy) is 2. The Bertz CT molecular complexity index is 1340. The number of methoxy groups -OCH3 is 1. The van der Waals surface area contributed by atoms with Crippen molar-refractivity contribution in [2.45, 2.75) is 57.6 Å². The van der Waals surface area contributed by atoms with Crippen LogP contribution in [0.1, 0.15) is 46.0 Å². The second kappa shape index (κ2) is 14.1. The molecule has 4 rings (SSSR count). The summed E-state index contributed by atoms with van der Waals surface area (Å²) in [4.78, 5) is 18.9. The fourth-order valence-corrected chi connectivity index (χ4v) is 5.39. The number of carbonyl (C=O) groups is 1. The van der Waals surface area contributed by atoms with E-state index in [9.17, 15) is 9.90 Å². The largest absolute Gasteiger partial charge is 0.479 e. The monoisotopic (exact) mass is 540 g/mol. The lowest BCUT2D eigenvalue weighted by molar-refractivity contribution is -0.158. The van der Waals surface area contributed by atoms with E-state index in [2.05, 4.69) is 6.92 Å². The Balaban J connectivity index is 2.08. The van der Waals surface area contributed by atoms with Crippen molar-refractivity contribution in [2.24, 2.45) is 0 Å². The average molecular weight is 541 g/mol. The second-order valence-electron chi connectivity index (χ2n) is 10.1. The van der Waals surface area contributed by atoms with Crippen molar-refractivity contribution < 1.29 is 19.4 Å². The van der Waals surface area contributed by atoms with Gasteiger partial charge in [0.25, 0.3) is 0 Å². The van der Waals surface area contributed by atoms with Crippen molar-refractivity contribution in [3.63, 3.8) is 0 Å². The Morgan fingerprint density at radius 3 is 1.98 bits per heavy atom. The highest BCUT2D eigenvalue weighted by Gasteiger charge is 2.49. The first-order valence-electron chi connectivity index (χ1n) is 14.2. The Morgan fingerprint density at radius 1 is 0.850 bits per heavy atom. The fourth-order valence-electron chi connectivity index (χ4n) is 5.39. The molecule has 0 fully saturated rings. The quantitative estimate of drug-likeness (QED) is 0.157. The van der Waals surface area contributed by atoms with Crippen molar-refractivity contribution in [2.75, 3.05) is 20.3 Å². The molecule has 0 radical (unpaired) electrons. The molecule has 0 saturated heterocycles. The molecule has 0 aliphatic rings. The third-order valence-electron chi connectivity index (χ3n) is 7.51. The Hall–Kier alpha value is -3.74. The van der Waals surface area contributed by atoms with Crippen LogP contribution in [0.3, 0.4) is 0 Å². The number of benzene rings is 3. The number of nitrogens with zero attached hydrogens (tertiary/aromatic N) is 2. The van der Waals surface area contributed by atoms with Gasteiger partial charge in [-0.05, 0) is 13.3 Å². The molecule has 2 unspecified atom stereocenters. The Morgan fingerprint density at radius 2 is 1.43 bits per heavy atom. The predicted octanol–water partition coefficient (Wildman–Crippen LogP) is 7.69. The molecule has 1 aromatic heterocycles. The summed E-state index contributed by atoms with van der Waals surface area (Å²) < 4.78 is 13.5. The number of rotatable bonds is 15. The average Bonchev–Trinajstić information content (AvgIpc) is 3.39. The summed E-state index contributed by atoms with van der Waals surface area (Å²) in [7, 11) is 1.62. The van der Waals surface area contributed by atoms with Crippen LogP contribution in [0.4, 0.5) is 0 Å². The minimum atomic E-state index is -1.42. The first-order valence-corrected chi connectivity index (χ1v) is 14.2. The molecular weight excluding hydrogens is 500 g/mol. The maximum atomic E-state index is 13.7. The van der Waals surface area contributed by atoms with Gasteiger partial charge in [-0.1, -0.05) is 124 Å². The summed E-state index contributed by atoms with van der Waals surface area (Å²) in [6.07, 6.45) is 3.54. The van der Waals surface area contributed by atoms with Gasteiger partial charge in [0.2, 0.25) is 0 Å². The molecule has 0 amide bonds. The summed E-state index contributed by atoms with van der Waals surface area (Å²) in [5, 5.41) is 11.2. The zero-order valence-electron chi connectivity index (χ0n) is 23.8. The van der Waals surface area contributed by atoms with Crippen LogP contribution in [0.2, 0.25) is 0 Å². The highest BCUT2D eigenvalue weighted by Crippen LogP contribution is 2.44. The maximum Gasteiger partial charge on any atom is 0.332 e. The third-order valence-corrected chi connectivity index (χ3v) is 7.51. The van der Waals surface area contributed by atoms with Crippen LogP contribution < -0.4 is 0 Å². The molecule has 40 heavy (non-hydrogen) atoms. The van der Waals surface area contributed by atoms with Crippen molar-refractivity contribution in [3.8, 4) is 33.9 Å². The molecule has 1 N–H and O–H groups in total. The van der Waals surface area contributed by atoms with E-state index in [1.807, 2.05) is 102 Å². The van der Waals surface area contributed by atoms with Crippen LogP contribution in [0.15, 0.2) is 91.0 Å². The van der Waals surface area contributed by atoms with Crippen LogP contribution in [-0.2, 0) is 19.8 Å². The van der Waals surface area contributed by atoms with Gasteiger partial charge >= 0.3 is 5.97 Å². The summed E-state index contributed by atoms with van der Waals surface area (Å²) in [6.45, 7) is 4.70. The molecular formula is C34H40N2O4. The third kappa shape index (κ3) is 6.19. The van der Waals surface area contributed by atoms with Gasteiger partial charge in [-0.2, -0.15) is 0 Å².